The molecule has 1 aromatic rings. The van der Waals surface area contributed by atoms with Crippen molar-refractivity contribution in [3.63, 3.8) is 0 Å². The van der Waals surface area contributed by atoms with Gasteiger partial charge in [0.25, 0.3) is 0 Å². The molecule has 7 nitrogen and oxygen atoms in total. The summed E-state index contributed by atoms with van der Waals surface area (Å²) in [6, 6.07) is 4.11. The third-order valence-corrected chi connectivity index (χ3v) is 5.52. The highest BCUT2D eigenvalue weighted by Crippen LogP contribution is 2.31. The van der Waals surface area contributed by atoms with E-state index in [0.717, 1.165) is 6.07 Å². The van der Waals surface area contributed by atoms with Crippen molar-refractivity contribution in [2.24, 2.45) is 0 Å². The van der Waals surface area contributed by atoms with Crippen LogP contribution in [0, 0.1) is 11.3 Å². The molecular formula is C12H11ClN2O5S. The predicted molar refractivity (Wildman–Crippen MR) is 72.1 cm³/mol. The van der Waals surface area contributed by atoms with E-state index in [4.69, 9.17) is 22.0 Å². The molecule has 1 unspecified atom stereocenters. The fourth-order valence-corrected chi connectivity index (χ4v) is 4.33. The number of carboxylic acids is 1. The highest BCUT2D eigenvalue weighted by atomic mass is 35.5. The highest BCUT2D eigenvalue weighted by molar-refractivity contribution is 7.89. The molecule has 1 heterocycles. The second-order valence-corrected chi connectivity index (χ2v) is 6.84. The zero-order chi connectivity index (χ0) is 15.8. The monoisotopic (exact) mass is 330 g/mol. The van der Waals surface area contributed by atoms with Crippen LogP contribution in [0.3, 0.4) is 0 Å². The van der Waals surface area contributed by atoms with Gasteiger partial charge in [0.15, 0.2) is 0 Å². The van der Waals surface area contributed by atoms with E-state index in [0.29, 0.717) is 4.31 Å². The summed E-state index contributed by atoms with van der Waals surface area (Å²) in [5.41, 5.74) is 0.190. The fourth-order valence-electron chi connectivity index (χ4n) is 2.18. The van der Waals surface area contributed by atoms with Gasteiger partial charge in [0.1, 0.15) is 10.9 Å². The first-order valence-electron chi connectivity index (χ1n) is 5.89. The molecule has 0 aliphatic carbocycles. The summed E-state index contributed by atoms with van der Waals surface area (Å²) in [7, 11) is -4.17. The number of halogens is 1. The van der Waals surface area contributed by atoms with Crippen molar-refractivity contribution in [3.8, 4) is 6.07 Å². The van der Waals surface area contributed by atoms with Gasteiger partial charge in [0, 0.05) is 13.0 Å². The van der Waals surface area contributed by atoms with Crippen molar-refractivity contribution in [3.05, 3.63) is 28.8 Å². The van der Waals surface area contributed by atoms with Crippen LogP contribution in [-0.2, 0) is 14.8 Å². The number of sulfonamides is 1. The Balaban J connectivity index is 2.47. The molecule has 2 N–H and O–H groups in total. The number of β-amino-alcohol motifs (C(OH)–C–C–N with tert-alkyl or cyclic N) is 1. The molecule has 21 heavy (non-hydrogen) atoms. The third-order valence-electron chi connectivity index (χ3n) is 3.17. The largest absolute Gasteiger partial charge is 0.480 e. The van der Waals surface area contributed by atoms with Crippen LogP contribution in [0.4, 0.5) is 0 Å². The van der Waals surface area contributed by atoms with Gasteiger partial charge in [0.05, 0.1) is 22.8 Å². The van der Waals surface area contributed by atoms with Gasteiger partial charge >= 0.3 is 5.97 Å². The lowest BCUT2D eigenvalue weighted by molar-refractivity contribution is -0.140. The van der Waals surface area contributed by atoms with E-state index in [2.05, 4.69) is 0 Å². The zero-order valence-corrected chi connectivity index (χ0v) is 12.2. The highest BCUT2D eigenvalue weighted by Gasteiger charge is 2.44. The Morgan fingerprint density at radius 3 is 2.67 bits per heavy atom. The molecule has 0 saturated carbocycles. The number of rotatable bonds is 3. The lowest BCUT2D eigenvalue weighted by Gasteiger charge is -2.21. The van der Waals surface area contributed by atoms with Crippen LogP contribution in [0.2, 0.25) is 5.02 Å². The van der Waals surface area contributed by atoms with Crippen LogP contribution in [-0.4, -0.2) is 47.6 Å². The number of carbonyl (C=O) groups is 1. The topological polar surface area (TPSA) is 119 Å². The van der Waals surface area contributed by atoms with Gasteiger partial charge in [0.2, 0.25) is 10.0 Å². The lowest BCUT2D eigenvalue weighted by atomic mass is 10.2. The van der Waals surface area contributed by atoms with Crippen LogP contribution in [0.25, 0.3) is 0 Å². The average molecular weight is 331 g/mol. The van der Waals surface area contributed by atoms with Crippen molar-refractivity contribution < 1.29 is 23.4 Å². The first kappa shape index (κ1) is 15.7. The first-order chi connectivity index (χ1) is 9.77. The van der Waals surface area contributed by atoms with E-state index < -0.39 is 28.1 Å². The minimum atomic E-state index is -4.17. The first-order valence-corrected chi connectivity index (χ1v) is 7.71. The number of aliphatic hydroxyl groups excluding tert-OH is 1. The summed E-state index contributed by atoms with van der Waals surface area (Å²) in [5.74, 6) is -1.33. The molecule has 0 amide bonds. The average Bonchev–Trinajstić information content (AvgIpc) is 2.81. The molecule has 1 aliphatic rings. The van der Waals surface area contributed by atoms with Crippen LogP contribution >= 0.6 is 11.6 Å². The number of hydrogen-bond donors (Lipinski definition) is 2. The van der Waals surface area contributed by atoms with Crippen LogP contribution < -0.4 is 0 Å². The van der Waals surface area contributed by atoms with E-state index in [9.17, 15) is 18.3 Å². The summed E-state index contributed by atoms with van der Waals surface area (Å²) >= 11 is 5.87. The molecule has 2 rings (SSSR count). The number of carboxylic acid groups (broad SMARTS) is 1. The molecule has 0 radical (unpaired) electrons. The Labute approximate surface area is 126 Å². The second kappa shape index (κ2) is 5.61. The molecule has 1 aliphatic heterocycles. The van der Waals surface area contributed by atoms with E-state index >= 15 is 0 Å². The zero-order valence-electron chi connectivity index (χ0n) is 10.6. The van der Waals surface area contributed by atoms with E-state index in [-0.39, 0.29) is 28.4 Å². The van der Waals surface area contributed by atoms with Crippen LogP contribution in [0.15, 0.2) is 23.1 Å². The number of aliphatic hydroxyl groups is 1. The quantitative estimate of drug-likeness (QED) is 0.829. The molecule has 1 fully saturated rings. The molecule has 9 heteroatoms. The number of benzene rings is 1. The fraction of sp³-hybridized carbons (Fsp3) is 0.333. The van der Waals surface area contributed by atoms with Gasteiger partial charge in [-0.1, -0.05) is 11.6 Å². The number of hydrogen-bond acceptors (Lipinski definition) is 5. The molecular weight excluding hydrogens is 320 g/mol. The number of nitrogens with zero attached hydrogens (tertiary/aromatic N) is 2. The van der Waals surface area contributed by atoms with E-state index in [1.54, 1.807) is 0 Å². The Morgan fingerprint density at radius 1 is 1.48 bits per heavy atom. The molecule has 112 valence electrons. The van der Waals surface area contributed by atoms with E-state index in [1.165, 1.54) is 12.1 Å². The Hall–Kier alpha value is -1.66. The van der Waals surface area contributed by atoms with Gasteiger partial charge in [-0.25, -0.2) is 8.42 Å². The van der Waals surface area contributed by atoms with Crippen LogP contribution in [0.1, 0.15) is 12.0 Å². The Kier molecular flexibility index (Phi) is 4.20. The van der Waals surface area contributed by atoms with Crippen molar-refractivity contribution in [1.82, 2.24) is 4.31 Å². The Bertz CT molecular complexity index is 728. The molecule has 0 spiro atoms. The van der Waals surface area contributed by atoms with Crippen molar-refractivity contribution in [2.75, 3.05) is 6.54 Å². The minimum Gasteiger partial charge on any atom is -0.480 e. The maximum atomic E-state index is 12.5. The number of aliphatic carboxylic acids is 1. The maximum absolute atomic E-state index is 12.5. The van der Waals surface area contributed by atoms with Crippen LogP contribution in [0.5, 0.6) is 0 Å². The van der Waals surface area contributed by atoms with Gasteiger partial charge < -0.3 is 10.2 Å². The van der Waals surface area contributed by atoms with Gasteiger partial charge in [-0.2, -0.15) is 9.57 Å². The molecule has 1 saturated heterocycles. The normalized spacial score (nSPS) is 22.9. The van der Waals surface area contributed by atoms with Crippen molar-refractivity contribution >= 4 is 27.6 Å². The summed E-state index contributed by atoms with van der Waals surface area (Å²) in [4.78, 5) is 10.8. The second-order valence-electron chi connectivity index (χ2n) is 4.58. The lowest BCUT2D eigenvalue weighted by Crippen LogP contribution is -2.40. The van der Waals surface area contributed by atoms with Gasteiger partial charge in [-0.3, -0.25) is 4.79 Å². The summed E-state index contributed by atoms with van der Waals surface area (Å²) < 4.78 is 25.7. The molecule has 2 atom stereocenters. The molecule has 1 aromatic carbocycles. The predicted octanol–water partition coefficient (Wildman–Crippen LogP) is 0.420. The molecule has 0 aromatic heterocycles. The summed E-state index contributed by atoms with van der Waals surface area (Å²) in [5, 5.41) is 27.2. The standard InChI is InChI=1S/C12H11ClN2O5S/c13-9-3-7(5-14)1-2-11(9)21(19,20)15-6-8(16)4-10(15)12(17)18/h1-3,8,10,16H,4,6H2,(H,17,18)/t8?,10-/m0/s1. The summed E-state index contributed by atoms with van der Waals surface area (Å²) in [6.07, 6.45) is -1.22. The smallest absolute Gasteiger partial charge is 0.322 e. The molecule has 0 bridgehead atoms. The third kappa shape index (κ3) is 2.87. The Morgan fingerprint density at radius 2 is 2.14 bits per heavy atom. The van der Waals surface area contributed by atoms with Gasteiger partial charge in [-0.15, -0.1) is 0 Å². The van der Waals surface area contributed by atoms with Crippen molar-refractivity contribution in [1.29, 1.82) is 5.26 Å². The van der Waals surface area contributed by atoms with Gasteiger partial charge in [-0.05, 0) is 18.2 Å². The maximum Gasteiger partial charge on any atom is 0.322 e. The SMILES string of the molecule is N#Cc1ccc(S(=O)(=O)N2CC(O)C[C@H]2C(=O)O)c(Cl)c1. The minimum absolute atomic E-state index is 0.167. The number of nitriles is 1. The summed E-state index contributed by atoms with van der Waals surface area (Å²) in [6.45, 7) is -0.310. The van der Waals surface area contributed by atoms with Crippen molar-refractivity contribution in [2.45, 2.75) is 23.5 Å². The van der Waals surface area contributed by atoms with E-state index in [1.807, 2.05) is 6.07 Å².